The number of nitrogens with zero attached hydrogens (tertiary/aromatic N) is 1. The van der Waals surface area contributed by atoms with Crippen LogP contribution in [0.2, 0.25) is 0 Å². The van der Waals surface area contributed by atoms with Crippen molar-refractivity contribution in [2.24, 2.45) is 0 Å². The Morgan fingerprint density at radius 2 is 2.46 bits per heavy atom. The first-order valence-corrected chi connectivity index (χ1v) is 4.66. The van der Waals surface area contributed by atoms with E-state index in [1.165, 1.54) is 0 Å². The molecular weight excluding hydrogens is 170 g/mol. The van der Waals surface area contributed by atoms with Gasteiger partial charge in [-0.25, -0.2) is 0 Å². The highest BCUT2D eigenvalue weighted by Crippen LogP contribution is 2.14. The lowest BCUT2D eigenvalue weighted by atomic mass is 10.2. The summed E-state index contributed by atoms with van der Waals surface area (Å²) in [5.74, 6) is -0.0148. The van der Waals surface area contributed by atoms with E-state index in [0.29, 0.717) is 6.61 Å². The zero-order valence-corrected chi connectivity index (χ0v) is 8.19. The van der Waals surface area contributed by atoms with Crippen molar-refractivity contribution in [3.8, 4) is 0 Å². The van der Waals surface area contributed by atoms with Gasteiger partial charge in [0.1, 0.15) is 6.10 Å². The molecule has 0 radical (unpaired) electrons. The van der Waals surface area contributed by atoms with Crippen LogP contribution >= 0.6 is 0 Å². The van der Waals surface area contributed by atoms with Crippen LogP contribution in [-0.4, -0.2) is 48.3 Å². The molecule has 1 aliphatic rings. The maximum absolute atomic E-state index is 11.6. The molecule has 1 amide bonds. The van der Waals surface area contributed by atoms with E-state index in [2.05, 4.69) is 0 Å². The van der Waals surface area contributed by atoms with E-state index in [9.17, 15) is 4.79 Å². The van der Waals surface area contributed by atoms with Crippen molar-refractivity contribution in [1.29, 1.82) is 0 Å². The molecule has 0 spiro atoms. The monoisotopic (exact) mass is 187 g/mol. The summed E-state index contributed by atoms with van der Waals surface area (Å²) in [4.78, 5) is 13.2. The predicted molar refractivity (Wildman–Crippen MR) is 48.3 cm³/mol. The minimum Gasteiger partial charge on any atom is -0.394 e. The summed E-state index contributed by atoms with van der Waals surface area (Å²) >= 11 is 0. The molecule has 0 aromatic carbocycles. The van der Waals surface area contributed by atoms with Crippen LogP contribution in [-0.2, 0) is 9.53 Å². The topological polar surface area (TPSA) is 49.8 Å². The van der Waals surface area contributed by atoms with Crippen molar-refractivity contribution >= 4 is 5.91 Å². The number of hydrogen-bond donors (Lipinski definition) is 1. The van der Waals surface area contributed by atoms with Gasteiger partial charge < -0.3 is 14.7 Å². The molecule has 76 valence electrons. The zero-order valence-electron chi connectivity index (χ0n) is 8.19. The second-order valence-electron chi connectivity index (χ2n) is 3.48. The van der Waals surface area contributed by atoms with Gasteiger partial charge in [-0.2, -0.15) is 0 Å². The molecule has 1 aliphatic heterocycles. The number of carbonyl (C=O) groups excluding carboxylic acids is 1. The Kier molecular flexibility index (Phi) is 3.69. The molecule has 0 aliphatic carbocycles. The molecule has 13 heavy (non-hydrogen) atoms. The molecule has 4 heteroatoms. The van der Waals surface area contributed by atoms with Crippen LogP contribution in [0.25, 0.3) is 0 Å². The third kappa shape index (κ3) is 2.42. The fourth-order valence-corrected chi connectivity index (χ4v) is 1.34. The van der Waals surface area contributed by atoms with Crippen molar-refractivity contribution in [3.63, 3.8) is 0 Å². The van der Waals surface area contributed by atoms with Crippen LogP contribution in [0.1, 0.15) is 19.8 Å². The first-order valence-electron chi connectivity index (χ1n) is 4.66. The van der Waals surface area contributed by atoms with Gasteiger partial charge >= 0.3 is 0 Å². The molecule has 1 heterocycles. The van der Waals surface area contributed by atoms with Gasteiger partial charge in [-0.05, 0) is 19.8 Å². The SMILES string of the molecule is CC(CO)N(C)C(=O)[C@H]1CCCO1. The molecule has 2 atom stereocenters. The maximum atomic E-state index is 11.6. The number of likely N-dealkylation sites (N-methyl/N-ethyl adjacent to an activating group) is 1. The van der Waals surface area contributed by atoms with Gasteiger partial charge in [0.2, 0.25) is 0 Å². The molecule has 1 fully saturated rings. The quantitative estimate of drug-likeness (QED) is 0.677. The molecule has 1 N–H and O–H groups in total. The fraction of sp³-hybridized carbons (Fsp3) is 0.889. The van der Waals surface area contributed by atoms with Gasteiger partial charge in [-0.15, -0.1) is 0 Å². The van der Waals surface area contributed by atoms with Gasteiger partial charge in [-0.3, -0.25) is 4.79 Å². The number of amides is 1. The highest BCUT2D eigenvalue weighted by molar-refractivity contribution is 5.81. The molecule has 0 aromatic rings. The third-order valence-electron chi connectivity index (χ3n) is 2.48. The largest absolute Gasteiger partial charge is 0.394 e. The number of carbonyl (C=O) groups is 1. The number of ether oxygens (including phenoxy) is 1. The van der Waals surface area contributed by atoms with Crippen LogP contribution in [0.4, 0.5) is 0 Å². The molecule has 0 bridgehead atoms. The summed E-state index contributed by atoms with van der Waals surface area (Å²) in [7, 11) is 1.70. The van der Waals surface area contributed by atoms with Crippen LogP contribution < -0.4 is 0 Å². The van der Waals surface area contributed by atoms with Crippen LogP contribution in [0.5, 0.6) is 0 Å². The van der Waals surface area contributed by atoms with Gasteiger partial charge in [0.15, 0.2) is 0 Å². The Balaban J connectivity index is 2.45. The fourth-order valence-electron chi connectivity index (χ4n) is 1.34. The molecular formula is C9H17NO3. The number of aliphatic hydroxyl groups excluding tert-OH is 1. The Bertz CT molecular complexity index is 178. The molecule has 4 nitrogen and oxygen atoms in total. The molecule has 1 saturated heterocycles. The van der Waals surface area contributed by atoms with Crippen LogP contribution in [0.15, 0.2) is 0 Å². The molecule has 0 saturated carbocycles. The summed E-state index contributed by atoms with van der Waals surface area (Å²) in [5, 5.41) is 8.86. The summed E-state index contributed by atoms with van der Waals surface area (Å²) in [5.41, 5.74) is 0. The van der Waals surface area contributed by atoms with E-state index in [1.54, 1.807) is 11.9 Å². The third-order valence-corrected chi connectivity index (χ3v) is 2.48. The van der Waals surface area contributed by atoms with E-state index in [-0.39, 0.29) is 24.7 Å². The van der Waals surface area contributed by atoms with Gasteiger partial charge in [0.05, 0.1) is 12.6 Å². The van der Waals surface area contributed by atoms with Gasteiger partial charge in [0, 0.05) is 13.7 Å². The molecule has 0 aromatic heterocycles. The van der Waals surface area contributed by atoms with E-state index >= 15 is 0 Å². The van der Waals surface area contributed by atoms with Crippen molar-refractivity contribution < 1.29 is 14.6 Å². The highest BCUT2D eigenvalue weighted by atomic mass is 16.5. The second-order valence-corrected chi connectivity index (χ2v) is 3.48. The number of aliphatic hydroxyl groups is 1. The molecule has 1 rings (SSSR count). The van der Waals surface area contributed by atoms with Crippen molar-refractivity contribution in [1.82, 2.24) is 4.90 Å². The first-order chi connectivity index (χ1) is 6.16. The minimum atomic E-state index is -0.279. The lowest BCUT2D eigenvalue weighted by molar-refractivity contribution is -0.142. The van der Waals surface area contributed by atoms with E-state index in [1.807, 2.05) is 6.92 Å². The van der Waals surface area contributed by atoms with Crippen molar-refractivity contribution in [3.05, 3.63) is 0 Å². The Hall–Kier alpha value is -0.610. The van der Waals surface area contributed by atoms with E-state index < -0.39 is 0 Å². The summed E-state index contributed by atoms with van der Waals surface area (Å²) in [6.45, 7) is 2.49. The lowest BCUT2D eigenvalue weighted by Gasteiger charge is -2.25. The summed E-state index contributed by atoms with van der Waals surface area (Å²) < 4.78 is 5.26. The molecule has 1 unspecified atom stereocenters. The maximum Gasteiger partial charge on any atom is 0.251 e. The first kappa shape index (κ1) is 10.5. The van der Waals surface area contributed by atoms with Crippen LogP contribution in [0, 0.1) is 0 Å². The highest BCUT2D eigenvalue weighted by Gasteiger charge is 2.28. The van der Waals surface area contributed by atoms with E-state index in [0.717, 1.165) is 12.8 Å². The average molecular weight is 187 g/mol. The Morgan fingerprint density at radius 1 is 1.77 bits per heavy atom. The minimum absolute atomic E-state index is 0.00500. The zero-order chi connectivity index (χ0) is 9.84. The normalized spacial score (nSPS) is 24.4. The van der Waals surface area contributed by atoms with Crippen molar-refractivity contribution in [2.75, 3.05) is 20.3 Å². The smallest absolute Gasteiger partial charge is 0.251 e. The Morgan fingerprint density at radius 3 is 2.92 bits per heavy atom. The van der Waals surface area contributed by atoms with Crippen LogP contribution in [0.3, 0.4) is 0 Å². The Labute approximate surface area is 78.5 Å². The standard InChI is InChI=1S/C9H17NO3/c1-7(6-11)10(2)9(12)8-4-3-5-13-8/h7-8,11H,3-6H2,1-2H3/t7?,8-/m1/s1. The summed E-state index contributed by atoms with van der Waals surface area (Å²) in [6, 6.07) is -0.128. The van der Waals surface area contributed by atoms with Gasteiger partial charge in [0.25, 0.3) is 5.91 Å². The predicted octanol–water partition coefficient (Wildman–Crippen LogP) is 0.00460. The van der Waals surface area contributed by atoms with Crippen molar-refractivity contribution in [2.45, 2.75) is 31.9 Å². The van der Waals surface area contributed by atoms with Gasteiger partial charge in [-0.1, -0.05) is 0 Å². The number of hydrogen-bond acceptors (Lipinski definition) is 3. The van der Waals surface area contributed by atoms with E-state index in [4.69, 9.17) is 9.84 Å². The average Bonchev–Trinajstić information content (AvgIpc) is 2.67. The summed E-state index contributed by atoms with van der Waals surface area (Å²) in [6.07, 6.45) is 1.48. The number of rotatable bonds is 3. The lowest BCUT2D eigenvalue weighted by Crippen LogP contribution is -2.43. The second kappa shape index (κ2) is 4.58.